The molecule has 2 rings (SSSR count). The van der Waals surface area contributed by atoms with Crippen molar-refractivity contribution in [1.29, 1.82) is 0 Å². The van der Waals surface area contributed by atoms with Gasteiger partial charge in [0.2, 0.25) is 0 Å². The maximum absolute atomic E-state index is 12.2. The van der Waals surface area contributed by atoms with Gasteiger partial charge < -0.3 is 9.64 Å². The largest absolute Gasteiger partial charge is 0.444 e. The molecule has 0 radical (unpaired) electrons. The Kier molecular flexibility index (Phi) is 6.68. The van der Waals surface area contributed by atoms with Gasteiger partial charge in [-0.3, -0.25) is 5.01 Å². The van der Waals surface area contributed by atoms with Crippen molar-refractivity contribution < 1.29 is 9.53 Å². The molecule has 1 heterocycles. The predicted molar refractivity (Wildman–Crippen MR) is 108 cm³/mol. The second-order valence-corrected chi connectivity index (χ2v) is 7.79. The zero-order valence-corrected chi connectivity index (χ0v) is 17.1. The number of ether oxygens (including phenoxy) is 1. The van der Waals surface area contributed by atoms with Crippen LogP contribution in [0.2, 0.25) is 0 Å². The average molecular weight is 360 g/mol. The second kappa shape index (κ2) is 8.56. The normalized spacial score (nSPS) is 15.0. The number of hydrogen-bond donors (Lipinski definition) is 0. The van der Waals surface area contributed by atoms with Crippen LogP contribution < -0.4 is 5.01 Å². The van der Waals surface area contributed by atoms with E-state index in [-0.39, 0.29) is 6.09 Å². The summed E-state index contributed by atoms with van der Waals surface area (Å²) in [6, 6.07) is 6.48. The van der Waals surface area contributed by atoms with E-state index < -0.39 is 5.60 Å². The molecule has 1 aliphatic rings. The van der Waals surface area contributed by atoms with E-state index in [0.717, 1.165) is 31.4 Å². The molecule has 0 aliphatic carbocycles. The Bertz CT molecular complexity index is 629. The number of hydrazone groups is 1. The van der Waals surface area contributed by atoms with Crippen LogP contribution in [0.3, 0.4) is 0 Å². The lowest BCUT2D eigenvalue weighted by atomic mass is 10.0. The van der Waals surface area contributed by atoms with E-state index >= 15 is 0 Å². The third kappa shape index (κ3) is 5.23. The number of benzene rings is 1. The van der Waals surface area contributed by atoms with E-state index in [1.54, 1.807) is 4.90 Å². The van der Waals surface area contributed by atoms with Crippen LogP contribution >= 0.6 is 0 Å². The van der Waals surface area contributed by atoms with Gasteiger partial charge in [-0.15, -0.1) is 0 Å². The Labute approximate surface area is 158 Å². The molecule has 1 fully saturated rings. The van der Waals surface area contributed by atoms with Crippen LogP contribution in [0.1, 0.15) is 58.6 Å². The highest BCUT2D eigenvalue weighted by Gasteiger charge is 2.25. The van der Waals surface area contributed by atoms with Crippen LogP contribution in [0.15, 0.2) is 23.3 Å². The molecule has 1 aromatic rings. The summed E-state index contributed by atoms with van der Waals surface area (Å²) in [6.45, 7) is 11.4. The van der Waals surface area contributed by atoms with Gasteiger partial charge in [-0.05, 0) is 44.7 Å². The van der Waals surface area contributed by atoms with Gasteiger partial charge in [0.25, 0.3) is 0 Å². The van der Waals surface area contributed by atoms with E-state index in [1.165, 1.54) is 16.8 Å². The SMILES string of the molecule is CCc1cccc(CC)c1N(C)N=C1CCN(C(=O)OC(C)(C)C)CC1. The first-order chi connectivity index (χ1) is 12.2. The van der Waals surface area contributed by atoms with Gasteiger partial charge in [0, 0.05) is 38.7 Å². The Morgan fingerprint density at radius 2 is 1.69 bits per heavy atom. The minimum absolute atomic E-state index is 0.227. The molecule has 0 aromatic heterocycles. The lowest BCUT2D eigenvalue weighted by molar-refractivity contribution is 0.0249. The van der Waals surface area contributed by atoms with Gasteiger partial charge >= 0.3 is 6.09 Å². The van der Waals surface area contributed by atoms with E-state index in [2.05, 4.69) is 32.0 Å². The average Bonchev–Trinajstić information content (AvgIpc) is 2.59. The van der Waals surface area contributed by atoms with Crippen molar-refractivity contribution in [3.63, 3.8) is 0 Å². The van der Waals surface area contributed by atoms with Gasteiger partial charge in [-0.2, -0.15) is 5.10 Å². The van der Waals surface area contributed by atoms with Crippen molar-refractivity contribution in [3.8, 4) is 0 Å². The third-order valence-corrected chi connectivity index (χ3v) is 4.57. The maximum atomic E-state index is 12.2. The highest BCUT2D eigenvalue weighted by atomic mass is 16.6. The number of nitrogens with zero attached hydrogens (tertiary/aromatic N) is 3. The van der Waals surface area contributed by atoms with Gasteiger partial charge in [0.15, 0.2) is 0 Å². The number of likely N-dealkylation sites (tertiary alicyclic amines) is 1. The summed E-state index contributed by atoms with van der Waals surface area (Å²) in [5.41, 5.74) is 4.55. The summed E-state index contributed by atoms with van der Waals surface area (Å²) in [4.78, 5) is 14.0. The molecule has 0 saturated carbocycles. The fourth-order valence-electron chi connectivity index (χ4n) is 3.27. The highest BCUT2D eigenvalue weighted by molar-refractivity contribution is 5.87. The topological polar surface area (TPSA) is 45.1 Å². The molecule has 26 heavy (non-hydrogen) atoms. The van der Waals surface area contributed by atoms with Crippen LogP contribution in [0, 0.1) is 0 Å². The summed E-state index contributed by atoms with van der Waals surface area (Å²) in [6.07, 6.45) is 3.34. The Morgan fingerprint density at radius 1 is 1.15 bits per heavy atom. The van der Waals surface area contributed by atoms with Crippen molar-refractivity contribution in [1.82, 2.24) is 4.90 Å². The molecule has 0 N–H and O–H groups in total. The molecule has 1 amide bonds. The van der Waals surface area contributed by atoms with E-state index in [4.69, 9.17) is 9.84 Å². The maximum Gasteiger partial charge on any atom is 0.410 e. The molecule has 0 spiro atoms. The number of carbonyl (C=O) groups is 1. The van der Waals surface area contributed by atoms with Gasteiger partial charge in [-0.1, -0.05) is 32.0 Å². The minimum atomic E-state index is -0.452. The number of hydrogen-bond acceptors (Lipinski definition) is 4. The molecule has 5 nitrogen and oxygen atoms in total. The van der Waals surface area contributed by atoms with E-state index in [9.17, 15) is 4.79 Å². The number of piperidine rings is 1. The molecule has 1 aliphatic heterocycles. The van der Waals surface area contributed by atoms with Crippen molar-refractivity contribution in [3.05, 3.63) is 29.3 Å². The zero-order valence-electron chi connectivity index (χ0n) is 17.1. The summed E-state index contributed by atoms with van der Waals surface area (Å²) in [7, 11) is 2.03. The lowest BCUT2D eigenvalue weighted by Gasteiger charge is -2.31. The molecule has 0 unspecified atom stereocenters. The monoisotopic (exact) mass is 359 g/mol. The lowest BCUT2D eigenvalue weighted by Crippen LogP contribution is -2.42. The fourth-order valence-corrected chi connectivity index (χ4v) is 3.27. The second-order valence-electron chi connectivity index (χ2n) is 7.79. The molecule has 5 heteroatoms. The molecule has 1 aromatic carbocycles. The first kappa shape index (κ1) is 20.3. The van der Waals surface area contributed by atoms with E-state index in [1.807, 2.05) is 32.8 Å². The molecule has 0 bridgehead atoms. The standard InChI is InChI=1S/C21H33N3O2/c1-7-16-10-9-11-17(8-2)19(16)23(6)22-18-12-14-24(15-13-18)20(25)26-21(3,4)5/h9-11H,7-8,12-15H2,1-6H3. The summed E-state index contributed by atoms with van der Waals surface area (Å²) >= 11 is 0. The third-order valence-electron chi connectivity index (χ3n) is 4.57. The van der Waals surface area contributed by atoms with Crippen LogP contribution in [-0.2, 0) is 17.6 Å². The molecule has 1 saturated heterocycles. The predicted octanol–water partition coefficient (Wildman–Crippen LogP) is 4.63. The quantitative estimate of drug-likeness (QED) is 0.736. The summed E-state index contributed by atoms with van der Waals surface area (Å²) in [5, 5.41) is 6.89. The Morgan fingerprint density at radius 3 is 2.15 bits per heavy atom. The van der Waals surface area contributed by atoms with Crippen LogP contribution in [-0.4, -0.2) is 42.4 Å². The first-order valence-electron chi connectivity index (χ1n) is 9.64. The minimum Gasteiger partial charge on any atom is -0.444 e. The smallest absolute Gasteiger partial charge is 0.410 e. The van der Waals surface area contributed by atoms with Crippen molar-refractivity contribution >= 4 is 17.5 Å². The summed E-state index contributed by atoms with van der Waals surface area (Å²) in [5.74, 6) is 0. The highest BCUT2D eigenvalue weighted by Crippen LogP contribution is 2.27. The van der Waals surface area contributed by atoms with Gasteiger partial charge in [0.1, 0.15) is 5.60 Å². The van der Waals surface area contributed by atoms with Crippen LogP contribution in [0.5, 0.6) is 0 Å². The Balaban J connectivity index is 2.06. The zero-order chi connectivity index (χ0) is 19.3. The van der Waals surface area contributed by atoms with Gasteiger partial charge in [0.05, 0.1) is 5.69 Å². The van der Waals surface area contributed by atoms with Crippen LogP contribution in [0.4, 0.5) is 10.5 Å². The van der Waals surface area contributed by atoms with Crippen LogP contribution in [0.25, 0.3) is 0 Å². The molecular formula is C21H33N3O2. The van der Waals surface area contributed by atoms with Crippen molar-refractivity contribution in [2.24, 2.45) is 5.10 Å². The van der Waals surface area contributed by atoms with Crippen molar-refractivity contribution in [2.75, 3.05) is 25.1 Å². The number of anilines is 1. The number of para-hydroxylation sites is 1. The molecule has 144 valence electrons. The number of rotatable bonds is 4. The van der Waals surface area contributed by atoms with Crippen molar-refractivity contribution in [2.45, 2.75) is 65.9 Å². The number of carbonyl (C=O) groups excluding carboxylic acids is 1. The Hall–Kier alpha value is -2.04. The fraction of sp³-hybridized carbons (Fsp3) is 0.619. The number of amides is 1. The molecular weight excluding hydrogens is 326 g/mol. The first-order valence-corrected chi connectivity index (χ1v) is 9.64. The molecule has 0 atom stereocenters. The van der Waals surface area contributed by atoms with E-state index in [0.29, 0.717) is 13.1 Å². The van der Waals surface area contributed by atoms with Gasteiger partial charge in [-0.25, -0.2) is 4.79 Å². The summed E-state index contributed by atoms with van der Waals surface area (Å²) < 4.78 is 5.46. The number of aryl methyl sites for hydroxylation is 2.